The Morgan fingerprint density at radius 1 is 0.972 bits per heavy atom. The molecule has 4 amide bonds. The number of piperidine rings is 1. The van der Waals surface area contributed by atoms with Gasteiger partial charge in [0.1, 0.15) is 17.9 Å². The standard InChI is InChI=1S/C27H24N4O5/c32-24-8-7-23(25(33)29-24)31-26(34)20-5-4-18(13-21(20)27(31)35)36-19-9-11-30(15-19)14-16-3-6-22-17(12-16)2-1-10-28-22/h1-6,10,12-13,19,23H,7-9,11,14-15H2,(H,29,32,33). The zero-order valence-corrected chi connectivity index (χ0v) is 19.5. The summed E-state index contributed by atoms with van der Waals surface area (Å²) in [5.41, 5.74) is 2.66. The molecule has 2 saturated heterocycles. The molecule has 0 radical (unpaired) electrons. The average molecular weight is 485 g/mol. The first-order valence-electron chi connectivity index (χ1n) is 12.0. The maximum Gasteiger partial charge on any atom is 0.262 e. The Labute approximate surface area is 207 Å². The molecule has 1 aromatic heterocycles. The minimum Gasteiger partial charge on any atom is -0.489 e. The number of nitrogens with zero attached hydrogens (tertiary/aromatic N) is 3. The van der Waals surface area contributed by atoms with Crippen molar-refractivity contribution in [2.75, 3.05) is 13.1 Å². The number of benzene rings is 2. The SMILES string of the molecule is O=C1CCC(N2C(=O)c3ccc(OC4CCN(Cc5ccc6ncccc6c5)C4)cc3C2=O)C(=O)N1. The molecule has 3 aliphatic rings. The van der Waals surface area contributed by atoms with Crippen LogP contribution in [0.1, 0.15) is 45.5 Å². The minimum absolute atomic E-state index is 0.0383. The molecule has 9 nitrogen and oxygen atoms in total. The zero-order chi connectivity index (χ0) is 24.8. The summed E-state index contributed by atoms with van der Waals surface area (Å²) in [5, 5.41) is 3.32. The van der Waals surface area contributed by atoms with Crippen molar-refractivity contribution in [1.82, 2.24) is 20.1 Å². The molecule has 182 valence electrons. The number of likely N-dealkylation sites (tertiary alicyclic amines) is 1. The summed E-state index contributed by atoms with van der Waals surface area (Å²) >= 11 is 0. The number of pyridine rings is 1. The van der Waals surface area contributed by atoms with Crippen LogP contribution < -0.4 is 10.1 Å². The van der Waals surface area contributed by atoms with Crippen LogP contribution in [0.15, 0.2) is 54.7 Å². The van der Waals surface area contributed by atoms with Gasteiger partial charge >= 0.3 is 0 Å². The smallest absolute Gasteiger partial charge is 0.262 e. The zero-order valence-electron chi connectivity index (χ0n) is 19.5. The predicted octanol–water partition coefficient (Wildman–Crippen LogP) is 2.29. The fraction of sp³-hybridized carbons (Fsp3) is 0.296. The van der Waals surface area contributed by atoms with Crippen LogP contribution in [0.25, 0.3) is 10.9 Å². The lowest BCUT2D eigenvalue weighted by Gasteiger charge is -2.27. The number of carbonyl (C=O) groups is 4. The fourth-order valence-corrected chi connectivity index (χ4v) is 5.23. The molecule has 0 saturated carbocycles. The highest BCUT2D eigenvalue weighted by Crippen LogP contribution is 2.31. The van der Waals surface area contributed by atoms with Crippen molar-refractivity contribution >= 4 is 34.5 Å². The van der Waals surface area contributed by atoms with Crippen LogP contribution in [0.3, 0.4) is 0 Å². The van der Waals surface area contributed by atoms with Crippen molar-refractivity contribution in [2.24, 2.45) is 0 Å². The number of fused-ring (bicyclic) bond motifs is 2. The van der Waals surface area contributed by atoms with E-state index in [0.717, 1.165) is 41.9 Å². The van der Waals surface area contributed by atoms with E-state index >= 15 is 0 Å². The maximum absolute atomic E-state index is 13.0. The monoisotopic (exact) mass is 484 g/mol. The summed E-state index contributed by atoms with van der Waals surface area (Å²) in [6.45, 7) is 2.45. The number of aromatic nitrogens is 1. The van der Waals surface area contributed by atoms with E-state index in [1.165, 1.54) is 5.56 Å². The van der Waals surface area contributed by atoms with Crippen molar-refractivity contribution in [3.8, 4) is 5.75 Å². The average Bonchev–Trinajstić information content (AvgIpc) is 3.41. The molecular weight excluding hydrogens is 460 g/mol. The summed E-state index contributed by atoms with van der Waals surface area (Å²) in [6.07, 6.45) is 2.82. The van der Waals surface area contributed by atoms with Gasteiger partial charge in [-0.25, -0.2) is 0 Å². The summed E-state index contributed by atoms with van der Waals surface area (Å²) in [5.74, 6) is -1.55. The molecular formula is C27H24N4O5. The van der Waals surface area contributed by atoms with Crippen molar-refractivity contribution in [2.45, 2.75) is 38.0 Å². The highest BCUT2D eigenvalue weighted by atomic mass is 16.5. The van der Waals surface area contributed by atoms with Crippen LogP contribution in [0, 0.1) is 0 Å². The Morgan fingerprint density at radius 3 is 2.69 bits per heavy atom. The molecule has 2 aromatic carbocycles. The van der Waals surface area contributed by atoms with Gasteiger partial charge in [-0.05, 0) is 54.8 Å². The largest absolute Gasteiger partial charge is 0.489 e. The third kappa shape index (κ3) is 4.01. The molecule has 2 unspecified atom stereocenters. The van der Waals surface area contributed by atoms with Gasteiger partial charge in [0, 0.05) is 37.6 Å². The second kappa shape index (κ2) is 8.83. The molecule has 0 aliphatic carbocycles. The molecule has 2 fully saturated rings. The van der Waals surface area contributed by atoms with Crippen molar-refractivity contribution in [3.63, 3.8) is 0 Å². The van der Waals surface area contributed by atoms with Gasteiger partial charge in [-0.2, -0.15) is 0 Å². The number of hydrogen-bond donors (Lipinski definition) is 1. The van der Waals surface area contributed by atoms with Crippen LogP contribution in [-0.4, -0.2) is 63.6 Å². The molecule has 0 bridgehead atoms. The second-order valence-corrected chi connectivity index (χ2v) is 9.45. The third-order valence-corrected chi connectivity index (χ3v) is 7.02. The lowest BCUT2D eigenvalue weighted by Crippen LogP contribution is -2.54. The number of ether oxygens (including phenoxy) is 1. The van der Waals surface area contributed by atoms with E-state index in [9.17, 15) is 19.2 Å². The normalized spacial score (nSPS) is 22.3. The van der Waals surface area contributed by atoms with E-state index in [-0.39, 0.29) is 30.1 Å². The first kappa shape index (κ1) is 22.4. The third-order valence-electron chi connectivity index (χ3n) is 7.02. The topological polar surface area (TPSA) is 109 Å². The highest BCUT2D eigenvalue weighted by Gasteiger charge is 2.44. The van der Waals surface area contributed by atoms with Gasteiger partial charge in [-0.3, -0.25) is 39.3 Å². The fourth-order valence-electron chi connectivity index (χ4n) is 5.23. The Morgan fingerprint density at radius 2 is 1.83 bits per heavy atom. The van der Waals surface area contributed by atoms with E-state index in [2.05, 4.69) is 33.4 Å². The van der Waals surface area contributed by atoms with Gasteiger partial charge in [0.15, 0.2) is 0 Å². The molecule has 1 N–H and O–H groups in total. The van der Waals surface area contributed by atoms with Gasteiger partial charge in [0.2, 0.25) is 11.8 Å². The lowest BCUT2D eigenvalue weighted by molar-refractivity contribution is -0.136. The molecule has 3 aliphatic heterocycles. The van der Waals surface area contributed by atoms with Gasteiger partial charge in [-0.1, -0.05) is 12.1 Å². The van der Waals surface area contributed by atoms with E-state index in [1.807, 2.05) is 12.1 Å². The first-order chi connectivity index (χ1) is 17.5. The van der Waals surface area contributed by atoms with Crippen molar-refractivity contribution < 1.29 is 23.9 Å². The number of carbonyl (C=O) groups excluding carboxylic acids is 4. The van der Waals surface area contributed by atoms with Crippen molar-refractivity contribution in [3.05, 3.63) is 71.4 Å². The summed E-state index contributed by atoms with van der Waals surface area (Å²) < 4.78 is 6.18. The van der Waals surface area contributed by atoms with Crippen LogP contribution in [0.5, 0.6) is 5.75 Å². The van der Waals surface area contributed by atoms with E-state index in [1.54, 1.807) is 24.4 Å². The Bertz CT molecular complexity index is 1420. The second-order valence-electron chi connectivity index (χ2n) is 9.45. The van der Waals surface area contributed by atoms with Crippen LogP contribution in [0.4, 0.5) is 0 Å². The quantitative estimate of drug-likeness (QED) is 0.554. The van der Waals surface area contributed by atoms with E-state index in [0.29, 0.717) is 5.75 Å². The summed E-state index contributed by atoms with van der Waals surface area (Å²) in [7, 11) is 0. The van der Waals surface area contributed by atoms with E-state index < -0.39 is 29.7 Å². The van der Waals surface area contributed by atoms with Crippen LogP contribution >= 0.6 is 0 Å². The Hall–Kier alpha value is -4.11. The predicted molar refractivity (Wildman–Crippen MR) is 129 cm³/mol. The lowest BCUT2D eigenvalue weighted by atomic mass is 10.0. The Balaban J connectivity index is 1.11. The molecule has 36 heavy (non-hydrogen) atoms. The van der Waals surface area contributed by atoms with Crippen LogP contribution in [0.2, 0.25) is 0 Å². The van der Waals surface area contributed by atoms with E-state index in [4.69, 9.17) is 4.74 Å². The number of nitrogens with one attached hydrogen (secondary N) is 1. The summed E-state index contributed by atoms with van der Waals surface area (Å²) in [6, 6.07) is 14.2. The number of hydrogen-bond acceptors (Lipinski definition) is 7. The molecule has 3 aromatic rings. The first-order valence-corrected chi connectivity index (χ1v) is 12.0. The number of imide groups is 2. The number of rotatable bonds is 5. The molecule has 0 spiro atoms. The molecule has 6 rings (SSSR count). The highest BCUT2D eigenvalue weighted by molar-refractivity contribution is 6.23. The van der Waals surface area contributed by atoms with Gasteiger partial charge < -0.3 is 4.74 Å². The minimum atomic E-state index is -0.978. The number of amides is 4. The van der Waals surface area contributed by atoms with Crippen LogP contribution in [-0.2, 0) is 16.1 Å². The van der Waals surface area contributed by atoms with Gasteiger partial charge in [0.25, 0.3) is 11.8 Å². The molecule has 9 heteroatoms. The van der Waals surface area contributed by atoms with Gasteiger partial charge in [-0.15, -0.1) is 0 Å². The van der Waals surface area contributed by atoms with Crippen molar-refractivity contribution in [1.29, 1.82) is 0 Å². The molecule has 4 heterocycles. The maximum atomic E-state index is 13.0. The Kier molecular flexibility index (Phi) is 5.49. The summed E-state index contributed by atoms with van der Waals surface area (Å²) in [4.78, 5) is 57.3. The molecule has 2 atom stereocenters. The van der Waals surface area contributed by atoms with Gasteiger partial charge in [0.05, 0.1) is 16.6 Å².